The smallest absolute Gasteiger partial charge is 0.0159 e. The third-order valence-electron chi connectivity index (χ3n) is 14.8. The molecule has 0 heterocycles. The average molecular weight is 789 g/mol. The molecule has 0 saturated carbocycles. The molecule has 2 aliphatic rings. The molecular formula is C62H44. The highest BCUT2D eigenvalue weighted by atomic mass is 14.4. The summed E-state index contributed by atoms with van der Waals surface area (Å²) in [5, 5.41) is 12.9. The van der Waals surface area contributed by atoms with Crippen molar-refractivity contribution in [2.45, 2.75) is 38.5 Å². The van der Waals surface area contributed by atoms with Crippen LogP contribution in [-0.2, 0) is 10.8 Å². The SMILES string of the molecule is CC1(C)c2ccccc2-c2ccc(-c3c4ccccc4c(-c4ccc5c(c4)C(C)(C)c4ccccc4-5)c4cc(-c5ccc6c7ccccc7c7ccccc7c6c5)ccc34)cc21. The van der Waals surface area contributed by atoms with E-state index < -0.39 is 0 Å². The van der Waals surface area contributed by atoms with Crippen molar-refractivity contribution >= 4 is 53.9 Å². The summed E-state index contributed by atoms with van der Waals surface area (Å²) in [6.07, 6.45) is 0. The summed E-state index contributed by atoms with van der Waals surface area (Å²) in [6.45, 7) is 9.55. The molecule has 0 spiro atoms. The Hall–Kier alpha value is -7.28. The molecule has 11 aromatic rings. The molecule has 11 aromatic carbocycles. The highest BCUT2D eigenvalue weighted by Crippen LogP contribution is 2.54. The maximum Gasteiger partial charge on any atom is 0.0159 e. The highest BCUT2D eigenvalue weighted by molar-refractivity contribution is 6.26. The Balaban J connectivity index is 1.10. The summed E-state index contributed by atoms with van der Waals surface area (Å²) in [4.78, 5) is 0. The Labute approximate surface area is 362 Å². The van der Waals surface area contributed by atoms with Crippen LogP contribution in [0.3, 0.4) is 0 Å². The molecule has 13 rings (SSSR count). The lowest BCUT2D eigenvalue weighted by Crippen LogP contribution is -2.15. The normalized spacial score (nSPS) is 14.4. The minimum absolute atomic E-state index is 0.0962. The number of rotatable bonds is 3. The topological polar surface area (TPSA) is 0 Å². The summed E-state index contributed by atoms with van der Waals surface area (Å²) in [6, 6.07) is 73.7. The van der Waals surface area contributed by atoms with Crippen molar-refractivity contribution in [3.63, 3.8) is 0 Å². The summed E-state index contributed by atoms with van der Waals surface area (Å²) >= 11 is 0. The van der Waals surface area contributed by atoms with Gasteiger partial charge in [-0.15, -0.1) is 0 Å². The number of fused-ring (bicyclic) bond motifs is 14. The molecule has 62 heavy (non-hydrogen) atoms. The Morgan fingerprint density at radius 3 is 1.05 bits per heavy atom. The Morgan fingerprint density at radius 2 is 0.548 bits per heavy atom. The number of benzene rings is 11. The molecule has 0 nitrogen and oxygen atoms in total. The first-order valence-corrected chi connectivity index (χ1v) is 22.1. The van der Waals surface area contributed by atoms with Gasteiger partial charge in [0.15, 0.2) is 0 Å². The van der Waals surface area contributed by atoms with E-state index in [-0.39, 0.29) is 10.8 Å². The maximum atomic E-state index is 2.51. The summed E-state index contributed by atoms with van der Waals surface area (Å²) in [7, 11) is 0. The van der Waals surface area contributed by atoms with Crippen molar-refractivity contribution in [2.75, 3.05) is 0 Å². The van der Waals surface area contributed by atoms with E-state index in [0.29, 0.717) is 0 Å². The van der Waals surface area contributed by atoms with E-state index in [1.165, 1.54) is 132 Å². The summed E-state index contributed by atoms with van der Waals surface area (Å²) in [5.41, 5.74) is 18.3. The van der Waals surface area contributed by atoms with Crippen LogP contribution in [0.25, 0.3) is 109 Å². The monoisotopic (exact) mass is 788 g/mol. The molecule has 0 N–H and O–H groups in total. The highest BCUT2D eigenvalue weighted by Gasteiger charge is 2.37. The second kappa shape index (κ2) is 12.6. The Kier molecular flexibility index (Phi) is 7.23. The minimum atomic E-state index is -0.106. The molecule has 2 aliphatic carbocycles. The van der Waals surface area contributed by atoms with Gasteiger partial charge in [0.1, 0.15) is 0 Å². The fourth-order valence-electron chi connectivity index (χ4n) is 11.8. The molecule has 0 aliphatic heterocycles. The molecule has 0 fully saturated rings. The Bertz CT molecular complexity index is 3710. The van der Waals surface area contributed by atoms with E-state index in [2.05, 4.69) is 222 Å². The van der Waals surface area contributed by atoms with Crippen LogP contribution in [0.15, 0.2) is 194 Å². The largest absolute Gasteiger partial charge is 0.0619 e. The molecule has 0 unspecified atom stereocenters. The van der Waals surface area contributed by atoms with Crippen LogP contribution in [0.1, 0.15) is 49.9 Å². The van der Waals surface area contributed by atoms with Gasteiger partial charge in [0, 0.05) is 10.8 Å². The van der Waals surface area contributed by atoms with Gasteiger partial charge >= 0.3 is 0 Å². The predicted molar refractivity (Wildman–Crippen MR) is 265 cm³/mol. The van der Waals surface area contributed by atoms with E-state index in [0.717, 1.165) is 0 Å². The van der Waals surface area contributed by atoms with Crippen molar-refractivity contribution < 1.29 is 0 Å². The second-order valence-electron chi connectivity index (χ2n) is 18.8. The van der Waals surface area contributed by atoms with Crippen LogP contribution in [0.4, 0.5) is 0 Å². The van der Waals surface area contributed by atoms with Crippen molar-refractivity contribution in [2.24, 2.45) is 0 Å². The third kappa shape index (κ3) is 4.78. The van der Waals surface area contributed by atoms with Crippen LogP contribution in [-0.4, -0.2) is 0 Å². The lowest BCUT2D eigenvalue weighted by atomic mass is 9.79. The molecule has 292 valence electrons. The van der Waals surface area contributed by atoms with Gasteiger partial charge in [-0.25, -0.2) is 0 Å². The summed E-state index contributed by atoms with van der Waals surface area (Å²) in [5.74, 6) is 0. The minimum Gasteiger partial charge on any atom is -0.0619 e. The van der Waals surface area contributed by atoms with E-state index in [9.17, 15) is 0 Å². The zero-order valence-electron chi connectivity index (χ0n) is 35.5. The van der Waals surface area contributed by atoms with Crippen LogP contribution < -0.4 is 0 Å². The van der Waals surface area contributed by atoms with Crippen LogP contribution in [0, 0.1) is 0 Å². The van der Waals surface area contributed by atoms with Crippen LogP contribution >= 0.6 is 0 Å². The maximum absolute atomic E-state index is 2.51. The van der Waals surface area contributed by atoms with Gasteiger partial charge in [0.05, 0.1) is 0 Å². The quantitative estimate of drug-likeness (QED) is 0.124. The van der Waals surface area contributed by atoms with Gasteiger partial charge in [0.2, 0.25) is 0 Å². The van der Waals surface area contributed by atoms with Gasteiger partial charge in [-0.05, 0) is 156 Å². The van der Waals surface area contributed by atoms with Crippen LogP contribution in [0.2, 0.25) is 0 Å². The zero-order chi connectivity index (χ0) is 41.5. The first-order chi connectivity index (χ1) is 30.3. The van der Waals surface area contributed by atoms with Crippen LogP contribution in [0.5, 0.6) is 0 Å². The molecule has 0 aromatic heterocycles. The number of hydrogen-bond acceptors (Lipinski definition) is 0. The lowest BCUT2D eigenvalue weighted by Gasteiger charge is -2.24. The lowest BCUT2D eigenvalue weighted by molar-refractivity contribution is 0.660. The van der Waals surface area contributed by atoms with E-state index >= 15 is 0 Å². The molecule has 0 radical (unpaired) electrons. The van der Waals surface area contributed by atoms with E-state index in [1.54, 1.807) is 0 Å². The average Bonchev–Trinajstić information content (AvgIpc) is 3.69. The van der Waals surface area contributed by atoms with Gasteiger partial charge < -0.3 is 0 Å². The molecular weight excluding hydrogens is 745 g/mol. The summed E-state index contributed by atoms with van der Waals surface area (Å²) < 4.78 is 0. The zero-order valence-corrected chi connectivity index (χ0v) is 35.5. The van der Waals surface area contributed by atoms with Gasteiger partial charge in [0.25, 0.3) is 0 Å². The molecule has 0 atom stereocenters. The Morgan fingerprint density at radius 1 is 0.226 bits per heavy atom. The standard InChI is InChI=1S/C62H44/c1-61(2)55-23-13-11-19-46(55)48-30-27-39(35-57(48)61)59-50-21-9-10-22-51(50)60(40-28-31-49-47-20-12-14-24-56(47)62(3,4)58(49)36-40)54-34-38(26-32-52(54)59)37-25-29-45-43-17-6-5-15-41(43)42-16-7-8-18-44(42)53(45)33-37/h5-36H,1-4H3. The van der Waals surface area contributed by atoms with Crippen molar-refractivity contribution in [3.05, 3.63) is 216 Å². The first kappa shape index (κ1) is 35.5. The fraction of sp³-hybridized carbons (Fsp3) is 0.0968. The van der Waals surface area contributed by atoms with Gasteiger partial charge in [-0.2, -0.15) is 0 Å². The van der Waals surface area contributed by atoms with Gasteiger partial charge in [-0.3, -0.25) is 0 Å². The van der Waals surface area contributed by atoms with Crippen molar-refractivity contribution in [1.82, 2.24) is 0 Å². The molecule has 0 bridgehead atoms. The van der Waals surface area contributed by atoms with Gasteiger partial charge in [-0.1, -0.05) is 198 Å². The first-order valence-electron chi connectivity index (χ1n) is 22.1. The van der Waals surface area contributed by atoms with Crippen molar-refractivity contribution in [3.8, 4) is 55.6 Å². The molecule has 0 saturated heterocycles. The second-order valence-corrected chi connectivity index (χ2v) is 18.8. The molecule has 0 amide bonds. The van der Waals surface area contributed by atoms with E-state index in [4.69, 9.17) is 0 Å². The van der Waals surface area contributed by atoms with Crippen molar-refractivity contribution in [1.29, 1.82) is 0 Å². The predicted octanol–water partition coefficient (Wildman–Crippen LogP) is 17.1. The third-order valence-corrected chi connectivity index (χ3v) is 14.8. The fourth-order valence-corrected chi connectivity index (χ4v) is 11.8. The number of hydrogen-bond donors (Lipinski definition) is 0. The molecule has 0 heteroatoms. The van der Waals surface area contributed by atoms with E-state index in [1.807, 2.05) is 0 Å².